The zero-order chi connectivity index (χ0) is 16.9. The number of hydrogen-bond acceptors (Lipinski definition) is 6. The van der Waals surface area contributed by atoms with E-state index in [9.17, 15) is 9.59 Å². The number of carbonyl (C=O) groups is 2. The Morgan fingerprint density at radius 1 is 1.12 bits per heavy atom. The first kappa shape index (κ1) is 16.1. The molecular formula is C17H18N4O3. The number of rotatable bonds is 4. The van der Waals surface area contributed by atoms with E-state index in [1.54, 1.807) is 36.7 Å². The van der Waals surface area contributed by atoms with Crippen molar-refractivity contribution >= 4 is 17.6 Å². The maximum atomic E-state index is 12.3. The second-order valence-electron chi connectivity index (χ2n) is 5.47. The molecule has 1 fully saturated rings. The van der Waals surface area contributed by atoms with E-state index in [1.807, 2.05) is 12.1 Å². The van der Waals surface area contributed by atoms with Crippen LogP contribution in [-0.2, 0) is 9.53 Å². The van der Waals surface area contributed by atoms with E-state index < -0.39 is 5.97 Å². The molecule has 0 aliphatic carbocycles. The number of aromatic nitrogens is 1. The van der Waals surface area contributed by atoms with Crippen LogP contribution in [0.3, 0.4) is 0 Å². The van der Waals surface area contributed by atoms with Gasteiger partial charge in [-0.25, -0.2) is 15.6 Å². The van der Waals surface area contributed by atoms with Gasteiger partial charge in [0.05, 0.1) is 12.7 Å². The van der Waals surface area contributed by atoms with E-state index in [4.69, 9.17) is 0 Å². The van der Waals surface area contributed by atoms with Gasteiger partial charge in [-0.05, 0) is 48.4 Å². The molecule has 3 rings (SSSR count). The molecule has 1 aromatic carbocycles. The summed E-state index contributed by atoms with van der Waals surface area (Å²) in [5.74, 6) is -0.542. The minimum atomic E-state index is -0.408. The van der Waals surface area contributed by atoms with Gasteiger partial charge in [0.2, 0.25) is 5.91 Å². The largest absolute Gasteiger partial charge is 0.465 e. The lowest BCUT2D eigenvalue weighted by Crippen LogP contribution is -2.39. The Morgan fingerprint density at radius 3 is 2.50 bits per heavy atom. The van der Waals surface area contributed by atoms with Crippen LogP contribution in [0.5, 0.6) is 0 Å². The number of esters is 1. The Morgan fingerprint density at radius 2 is 1.83 bits per heavy atom. The highest BCUT2D eigenvalue weighted by Gasteiger charge is 2.30. The number of hydrazine groups is 1. The zero-order valence-corrected chi connectivity index (χ0v) is 13.2. The Kier molecular flexibility index (Phi) is 4.83. The lowest BCUT2D eigenvalue weighted by Gasteiger charge is -2.11. The van der Waals surface area contributed by atoms with Gasteiger partial charge in [-0.2, -0.15) is 0 Å². The van der Waals surface area contributed by atoms with E-state index >= 15 is 0 Å². The maximum Gasteiger partial charge on any atom is 0.337 e. The van der Waals surface area contributed by atoms with Crippen molar-refractivity contribution in [3.05, 3.63) is 59.9 Å². The van der Waals surface area contributed by atoms with Gasteiger partial charge in [-0.1, -0.05) is 0 Å². The molecule has 0 bridgehead atoms. The second kappa shape index (κ2) is 7.20. The fourth-order valence-electron chi connectivity index (χ4n) is 2.58. The smallest absolute Gasteiger partial charge is 0.337 e. The Bertz CT molecular complexity index is 718. The summed E-state index contributed by atoms with van der Waals surface area (Å²) in [6, 6.07) is 10.1. The first-order chi connectivity index (χ1) is 11.7. The average molecular weight is 326 g/mol. The zero-order valence-electron chi connectivity index (χ0n) is 13.2. The van der Waals surface area contributed by atoms with Gasteiger partial charge < -0.3 is 10.1 Å². The summed E-state index contributed by atoms with van der Waals surface area (Å²) in [7, 11) is 1.33. The van der Waals surface area contributed by atoms with Gasteiger partial charge in [-0.15, -0.1) is 0 Å². The SMILES string of the molecule is COC(=O)c1ccc(NC(=O)C2CC(c3ccncc3)NN2)cc1. The molecule has 2 heterocycles. The van der Waals surface area contributed by atoms with Gasteiger partial charge in [0, 0.05) is 24.1 Å². The third-order valence-electron chi connectivity index (χ3n) is 3.90. The summed E-state index contributed by atoms with van der Waals surface area (Å²) in [5.41, 5.74) is 8.27. The maximum absolute atomic E-state index is 12.3. The minimum Gasteiger partial charge on any atom is -0.465 e. The van der Waals surface area contributed by atoms with E-state index in [-0.39, 0.29) is 18.0 Å². The van der Waals surface area contributed by atoms with Crippen molar-refractivity contribution in [2.75, 3.05) is 12.4 Å². The summed E-state index contributed by atoms with van der Waals surface area (Å²) in [5, 5.41) is 2.83. The van der Waals surface area contributed by atoms with Crippen molar-refractivity contribution in [3.8, 4) is 0 Å². The van der Waals surface area contributed by atoms with Crippen LogP contribution in [0.2, 0.25) is 0 Å². The summed E-state index contributed by atoms with van der Waals surface area (Å²) in [6.45, 7) is 0. The molecule has 0 radical (unpaired) electrons. The molecule has 2 aromatic rings. The van der Waals surface area contributed by atoms with Crippen molar-refractivity contribution in [1.82, 2.24) is 15.8 Å². The molecule has 1 aliphatic heterocycles. The van der Waals surface area contributed by atoms with E-state index in [1.165, 1.54) is 7.11 Å². The Balaban J connectivity index is 1.59. The second-order valence-corrected chi connectivity index (χ2v) is 5.47. The van der Waals surface area contributed by atoms with Crippen LogP contribution in [0, 0.1) is 0 Å². The van der Waals surface area contributed by atoms with Gasteiger partial charge in [0.25, 0.3) is 0 Å². The number of nitrogens with zero attached hydrogens (tertiary/aromatic N) is 1. The fraction of sp³-hybridized carbons (Fsp3) is 0.235. The topological polar surface area (TPSA) is 92.3 Å². The van der Waals surface area contributed by atoms with E-state index in [2.05, 4.69) is 25.9 Å². The van der Waals surface area contributed by atoms with Crippen molar-refractivity contribution in [3.63, 3.8) is 0 Å². The number of ether oxygens (including phenoxy) is 1. The predicted octanol–water partition coefficient (Wildman–Crippen LogP) is 1.41. The Hall–Kier alpha value is -2.77. The van der Waals surface area contributed by atoms with Crippen molar-refractivity contribution in [2.24, 2.45) is 0 Å². The molecule has 1 aromatic heterocycles. The third-order valence-corrected chi connectivity index (χ3v) is 3.90. The lowest BCUT2D eigenvalue weighted by atomic mass is 10.0. The van der Waals surface area contributed by atoms with Crippen molar-refractivity contribution < 1.29 is 14.3 Å². The van der Waals surface area contributed by atoms with Crippen molar-refractivity contribution in [2.45, 2.75) is 18.5 Å². The van der Waals surface area contributed by atoms with Gasteiger partial charge in [0.1, 0.15) is 6.04 Å². The molecule has 3 N–H and O–H groups in total. The summed E-state index contributed by atoms with van der Waals surface area (Å²) >= 11 is 0. The molecule has 24 heavy (non-hydrogen) atoms. The van der Waals surface area contributed by atoms with Gasteiger partial charge in [0.15, 0.2) is 0 Å². The van der Waals surface area contributed by atoms with Crippen molar-refractivity contribution in [1.29, 1.82) is 0 Å². The summed E-state index contributed by atoms with van der Waals surface area (Å²) in [4.78, 5) is 27.7. The van der Waals surface area contributed by atoms with Crippen LogP contribution in [0.1, 0.15) is 28.4 Å². The van der Waals surface area contributed by atoms with Crippen LogP contribution >= 0.6 is 0 Å². The predicted molar refractivity (Wildman–Crippen MR) is 88.1 cm³/mol. The molecule has 2 atom stereocenters. The Labute approximate surface area is 139 Å². The fourth-order valence-corrected chi connectivity index (χ4v) is 2.58. The minimum absolute atomic E-state index is 0.0606. The van der Waals surface area contributed by atoms with Crippen LogP contribution in [-0.4, -0.2) is 30.0 Å². The van der Waals surface area contributed by atoms with Gasteiger partial charge in [-0.3, -0.25) is 9.78 Å². The number of hydrogen-bond donors (Lipinski definition) is 3. The first-order valence-electron chi connectivity index (χ1n) is 7.57. The standard InChI is InChI=1S/C17H18N4O3/c1-24-17(23)12-2-4-13(5-3-12)19-16(22)15-10-14(20-21-15)11-6-8-18-9-7-11/h2-9,14-15,20-21H,10H2,1H3,(H,19,22). The highest BCUT2D eigenvalue weighted by atomic mass is 16.5. The van der Waals surface area contributed by atoms with E-state index in [0.29, 0.717) is 17.7 Å². The molecule has 0 spiro atoms. The molecule has 1 aliphatic rings. The highest BCUT2D eigenvalue weighted by molar-refractivity contribution is 5.96. The third kappa shape index (κ3) is 3.58. The molecule has 7 nitrogen and oxygen atoms in total. The molecule has 2 unspecified atom stereocenters. The van der Waals surface area contributed by atoms with Crippen LogP contribution in [0.15, 0.2) is 48.8 Å². The van der Waals surface area contributed by atoms with Crippen LogP contribution in [0.25, 0.3) is 0 Å². The quantitative estimate of drug-likeness (QED) is 0.736. The number of methoxy groups -OCH3 is 1. The highest BCUT2D eigenvalue weighted by Crippen LogP contribution is 2.22. The number of anilines is 1. The monoisotopic (exact) mass is 326 g/mol. The number of pyridine rings is 1. The molecule has 124 valence electrons. The lowest BCUT2D eigenvalue weighted by molar-refractivity contribution is -0.117. The first-order valence-corrected chi connectivity index (χ1v) is 7.57. The number of carbonyl (C=O) groups excluding carboxylic acids is 2. The molecule has 0 saturated carbocycles. The molecule has 7 heteroatoms. The normalized spacial score (nSPS) is 19.7. The molecule has 1 amide bonds. The van der Waals surface area contributed by atoms with Crippen LogP contribution < -0.4 is 16.2 Å². The average Bonchev–Trinajstić information content (AvgIpc) is 3.13. The molecule has 1 saturated heterocycles. The molecular weight excluding hydrogens is 308 g/mol. The number of nitrogens with one attached hydrogen (secondary N) is 3. The van der Waals surface area contributed by atoms with E-state index in [0.717, 1.165) is 5.56 Å². The number of benzene rings is 1. The summed E-state index contributed by atoms with van der Waals surface area (Å²) < 4.78 is 4.64. The van der Waals surface area contributed by atoms with Gasteiger partial charge >= 0.3 is 5.97 Å². The summed E-state index contributed by atoms with van der Waals surface area (Å²) in [6.07, 6.45) is 4.09. The number of amides is 1. The van der Waals surface area contributed by atoms with Crippen LogP contribution in [0.4, 0.5) is 5.69 Å².